The van der Waals surface area contributed by atoms with Crippen LogP contribution in [0.15, 0.2) is 42.5 Å². The lowest BCUT2D eigenvalue weighted by Crippen LogP contribution is -2.11. The summed E-state index contributed by atoms with van der Waals surface area (Å²) in [4.78, 5) is 0. The van der Waals surface area contributed by atoms with Gasteiger partial charge in [-0.05, 0) is 17.7 Å². The smallest absolute Gasteiger partial charge is 0.200 e. The van der Waals surface area contributed by atoms with E-state index in [2.05, 4.69) is 0 Å². The van der Waals surface area contributed by atoms with Crippen LogP contribution in [0.4, 0.5) is 0 Å². The van der Waals surface area contributed by atoms with Gasteiger partial charge < -0.3 is 21.1 Å². The van der Waals surface area contributed by atoms with Crippen molar-refractivity contribution >= 4 is 0 Å². The first-order chi connectivity index (χ1) is 8.11. The fourth-order valence-corrected chi connectivity index (χ4v) is 1.68. The highest BCUT2D eigenvalue weighted by Gasteiger charge is 2.17. The summed E-state index contributed by atoms with van der Waals surface area (Å²) in [6.45, 7) is 0. The number of aromatic hydroxyl groups is 3. The van der Waals surface area contributed by atoms with E-state index in [0.717, 1.165) is 5.56 Å². The van der Waals surface area contributed by atoms with Crippen molar-refractivity contribution in [2.75, 3.05) is 0 Å². The molecule has 0 spiro atoms. The van der Waals surface area contributed by atoms with E-state index in [1.165, 1.54) is 12.1 Å². The van der Waals surface area contributed by atoms with E-state index >= 15 is 0 Å². The van der Waals surface area contributed by atoms with Crippen molar-refractivity contribution in [3.8, 4) is 17.2 Å². The van der Waals surface area contributed by atoms with Crippen molar-refractivity contribution in [3.63, 3.8) is 0 Å². The van der Waals surface area contributed by atoms with Crippen LogP contribution in [0.25, 0.3) is 0 Å². The third-order valence-corrected chi connectivity index (χ3v) is 2.65. The molecule has 2 aromatic rings. The van der Waals surface area contributed by atoms with E-state index in [4.69, 9.17) is 5.73 Å². The highest BCUT2D eigenvalue weighted by molar-refractivity contribution is 5.55. The van der Waals surface area contributed by atoms with Crippen LogP contribution in [0.3, 0.4) is 0 Å². The molecule has 0 aliphatic rings. The van der Waals surface area contributed by atoms with Crippen molar-refractivity contribution < 1.29 is 15.3 Å². The number of nitrogens with two attached hydrogens (primary N) is 1. The van der Waals surface area contributed by atoms with Gasteiger partial charge in [0, 0.05) is 5.56 Å². The maximum atomic E-state index is 9.72. The quantitative estimate of drug-likeness (QED) is 0.594. The largest absolute Gasteiger partial charge is 0.504 e. The van der Waals surface area contributed by atoms with Crippen molar-refractivity contribution in [3.05, 3.63) is 53.6 Å². The van der Waals surface area contributed by atoms with E-state index in [-0.39, 0.29) is 11.5 Å². The van der Waals surface area contributed by atoms with Gasteiger partial charge in [0.25, 0.3) is 0 Å². The van der Waals surface area contributed by atoms with Crippen LogP contribution in [-0.4, -0.2) is 15.3 Å². The molecule has 0 fully saturated rings. The average molecular weight is 231 g/mol. The highest BCUT2D eigenvalue weighted by Crippen LogP contribution is 2.40. The standard InChI is InChI=1S/C13H13NO3/c14-11(8-4-2-1-3-5-8)9-6-7-10(15)13(17)12(9)16/h1-7,11,15-17H,14H2. The maximum Gasteiger partial charge on any atom is 0.200 e. The van der Waals surface area contributed by atoms with Gasteiger partial charge in [0.2, 0.25) is 5.75 Å². The number of phenols is 3. The molecule has 0 aliphatic carbocycles. The van der Waals surface area contributed by atoms with Crippen molar-refractivity contribution in [1.29, 1.82) is 0 Å². The molecule has 0 bridgehead atoms. The third kappa shape index (κ3) is 2.03. The lowest BCUT2D eigenvalue weighted by molar-refractivity contribution is 0.364. The molecule has 0 heterocycles. The first-order valence-electron chi connectivity index (χ1n) is 5.15. The first kappa shape index (κ1) is 11.3. The second-order valence-electron chi connectivity index (χ2n) is 3.76. The molecule has 1 atom stereocenters. The Morgan fingerprint density at radius 1 is 0.824 bits per heavy atom. The van der Waals surface area contributed by atoms with Gasteiger partial charge in [-0.25, -0.2) is 0 Å². The Morgan fingerprint density at radius 3 is 2.12 bits per heavy atom. The Hall–Kier alpha value is -2.20. The van der Waals surface area contributed by atoms with Crippen LogP contribution >= 0.6 is 0 Å². The van der Waals surface area contributed by atoms with E-state index in [1.54, 1.807) is 0 Å². The summed E-state index contributed by atoms with van der Waals surface area (Å²) < 4.78 is 0. The first-order valence-corrected chi connectivity index (χ1v) is 5.15. The molecule has 0 aromatic heterocycles. The lowest BCUT2D eigenvalue weighted by Gasteiger charge is -2.15. The fraction of sp³-hybridized carbons (Fsp3) is 0.0769. The second-order valence-corrected chi connectivity index (χ2v) is 3.76. The van der Waals surface area contributed by atoms with Crippen LogP contribution < -0.4 is 5.73 Å². The average Bonchev–Trinajstić information content (AvgIpc) is 2.36. The minimum atomic E-state index is -0.553. The summed E-state index contributed by atoms with van der Waals surface area (Å²) in [7, 11) is 0. The fourth-order valence-electron chi connectivity index (χ4n) is 1.68. The maximum absolute atomic E-state index is 9.72. The minimum absolute atomic E-state index is 0.367. The zero-order valence-electron chi connectivity index (χ0n) is 9.04. The molecule has 0 amide bonds. The monoisotopic (exact) mass is 231 g/mol. The van der Waals surface area contributed by atoms with Gasteiger partial charge in [0.1, 0.15) is 0 Å². The summed E-state index contributed by atoms with van der Waals surface area (Å²) in [5.41, 5.74) is 7.16. The normalized spacial score (nSPS) is 12.3. The van der Waals surface area contributed by atoms with Gasteiger partial charge in [-0.3, -0.25) is 0 Å². The molecular formula is C13H13NO3. The molecule has 4 heteroatoms. The van der Waals surface area contributed by atoms with Crippen molar-refractivity contribution in [2.45, 2.75) is 6.04 Å². The number of benzene rings is 2. The van der Waals surface area contributed by atoms with Gasteiger partial charge in [0.15, 0.2) is 11.5 Å². The Morgan fingerprint density at radius 2 is 1.47 bits per heavy atom. The summed E-state index contributed by atoms with van der Waals surface area (Å²) >= 11 is 0. The topological polar surface area (TPSA) is 86.7 Å². The van der Waals surface area contributed by atoms with E-state index in [0.29, 0.717) is 5.56 Å². The molecule has 17 heavy (non-hydrogen) atoms. The molecule has 0 saturated heterocycles. The van der Waals surface area contributed by atoms with E-state index < -0.39 is 11.8 Å². The predicted molar refractivity (Wildman–Crippen MR) is 63.9 cm³/mol. The molecular weight excluding hydrogens is 218 g/mol. The summed E-state index contributed by atoms with van der Waals surface area (Å²) in [5.74, 6) is -1.30. The van der Waals surface area contributed by atoms with Crippen LogP contribution in [0.5, 0.6) is 17.2 Å². The van der Waals surface area contributed by atoms with Crippen LogP contribution in [0.2, 0.25) is 0 Å². The van der Waals surface area contributed by atoms with Crippen LogP contribution in [0, 0.1) is 0 Å². The van der Waals surface area contributed by atoms with E-state index in [1.807, 2.05) is 30.3 Å². The number of rotatable bonds is 2. The molecule has 5 N–H and O–H groups in total. The van der Waals surface area contributed by atoms with Gasteiger partial charge in [-0.1, -0.05) is 30.3 Å². The van der Waals surface area contributed by atoms with Gasteiger partial charge >= 0.3 is 0 Å². The molecule has 2 rings (SSSR count). The zero-order chi connectivity index (χ0) is 12.4. The summed E-state index contributed by atoms with van der Waals surface area (Å²) in [6.07, 6.45) is 0. The molecule has 1 unspecified atom stereocenters. The Bertz CT molecular complexity index is 526. The molecule has 4 nitrogen and oxygen atoms in total. The van der Waals surface area contributed by atoms with Crippen LogP contribution in [-0.2, 0) is 0 Å². The van der Waals surface area contributed by atoms with E-state index in [9.17, 15) is 15.3 Å². The minimum Gasteiger partial charge on any atom is -0.504 e. The number of hydrogen-bond donors (Lipinski definition) is 4. The van der Waals surface area contributed by atoms with Crippen LogP contribution in [0.1, 0.15) is 17.2 Å². The lowest BCUT2D eigenvalue weighted by atomic mass is 9.98. The van der Waals surface area contributed by atoms with Gasteiger partial charge in [-0.2, -0.15) is 0 Å². The van der Waals surface area contributed by atoms with Crippen molar-refractivity contribution in [2.24, 2.45) is 5.73 Å². The summed E-state index contributed by atoms with van der Waals surface area (Å²) in [5, 5.41) is 28.4. The Labute approximate surface area is 98.6 Å². The Kier molecular flexibility index (Phi) is 2.89. The molecule has 88 valence electrons. The predicted octanol–water partition coefficient (Wildman–Crippen LogP) is 1.85. The van der Waals surface area contributed by atoms with Crippen molar-refractivity contribution in [1.82, 2.24) is 0 Å². The third-order valence-electron chi connectivity index (χ3n) is 2.65. The highest BCUT2D eigenvalue weighted by atomic mass is 16.3. The zero-order valence-corrected chi connectivity index (χ0v) is 9.04. The second kappa shape index (κ2) is 4.35. The molecule has 0 aliphatic heterocycles. The Balaban J connectivity index is 2.45. The number of hydrogen-bond acceptors (Lipinski definition) is 4. The SMILES string of the molecule is NC(c1ccccc1)c1ccc(O)c(O)c1O. The molecule has 0 saturated carbocycles. The van der Waals surface area contributed by atoms with Gasteiger partial charge in [0.05, 0.1) is 6.04 Å². The molecule has 0 radical (unpaired) electrons. The summed E-state index contributed by atoms with van der Waals surface area (Å²) in [6, 6.07) is 11.4. The van der Waals surface area contributed by atoms with Gasteiger partial charge in [-0.15, -0.1) is 0 Å². The molecule has 2 aromatic carbocycles. The number of phenolic OH excluding ortho intramolecular Hbond substituents is 3.